The van der Waals surface area contributed by atoms with E-state index in [1.54, 1.807) is 12.1 Å². The Balaban J connectivity index is 2.31. The molecule has 0 fully saturated rings. The van der Waals surface area contributed by atoms with E-state index in [0.717, 1.165) is 18.4 Å². The molecule has 0 heterocycles. The summed E-state index contributed by atoms with van der Waals surface area (Å²) in [4.78, 5) is 11.4. The smallest absolute Gasteiger partial charge is 0.387 e. The van der Waals surface area contributed by atoms with Gasteiger partial charge in [0.2, 0.25) is 0 Å². The number of aryl methyl sites for hydroxylation is 1. The summed E-state index contributed by atoms with van der Waals surface area (Å²) in [5.74, 6) is -0.120. The molecule has 0 unspecified atom stereocenters. The van der Waals surface area contributed by atoms with Gasteiger partial charge in [-0.15, -0.1) is 0 Å². The van der Waals surface area contributed by atoms with Crippen molar-refractivity contribution in [1.29, 1.82) is 0 Å². The highest BCUT2D eigenvalue weighted by Crippen LogP contribution is 2.15. The van der Waals surface area contributed by atoms with E-state index in [0.29, 0.717) is 19.4 Å². The monoisotopic (exact) mass is 272 g/mol. The Morgan fingerprint density at radius 1 is 1.26 bits per heavy atom. The van der Waals surface area contributed by atoms with Crippen LogP contribution in [0.1, 0.15) is 31.7 Å². The summed E-state index contributed by atoms with van der Waals surface area (Å²) in [5.41, 5.74) is 0.883. The lowest BCUT2D eigenvalue weighted by Gasteiger charge is -2.06. The van der Waals surface area contributed by atoms with E-state index in [9.17, 15) is 13.6 Å². The van der Waals surface area contributed by atoms with Crippen molar-refractivity contribution in [3.05, 3.63) is 29.8 Å². The maximum absolute atomic E-state index is 11.9. The number of ether oxygens (including phenoxy) is 2. The molecule has 0 spiro atoms. The molecule has 0 aliphatic rings. The zero-order chi connectivity index (χ0) is 14.1. The second-order valence-corrected chi connectivity index (χ2v) is 4.10. The van der Waals surface area contributed by atoms with Gasteiger partial charge in [0.15, 0.2) is 0 Å². The van der Waals surface area contributed by atoms with Crippen LogP contribution in [0.15, 0.2) is 24.3 Å². The van der Waals surface area contributed by atoms with Gasteiger partial charge >= 0.3 is 12.6 Å². The highest BCUT2D eigenvalue weighted by molar-refractivity contribution is 5.69. The van der Waals surface area contributed by atoms with E-state index in [2.05, 4.69) is 4.74 Å². The van der Waals surface area contributed by atoms with E-state index in [1.165, 1.54) is 12.1 Å². The summed E-state index contributed by atoms with van der Waals surface area (Å²) in [6, 6.07) is 6.25. The molecule has 0 aromatic heterocycles. The fourth-order valence-corrected chi connectivity index (χ4v) is 1.49. The maximum atomic E-state index is 11.9. The van der Waals surface area contributed by atoms with Crippen LogP contribution in [-0.4, -0.2) is 19.2 Å². The van der Waals surface area contributed by atoms with Crippen molar-refractivity contribution in [3.8, 4) is 5.75 Å². The fraction of sp³-hybridized carbons (Fsp3) is 0.500. The van der Waals surface area contributed by atoms with Crippen molar-refractivity contribution < 1.29 is 23.0 Å². The van der Waals surface area contributed by atoms with E-state index in [-0.39, 0.29) is 11.7 Å². The number of benzene rings is 1. The Morgan fingerprint density at radius 2 is 1.95 bits per heavy atom. The maximum Gasteiger partial charge on any atom is 0.387 e. The number of carbonyl (C=O) groups excluding carboxylic acids is 1. The van der Waals surface area contributed by atoms with Crippen molar-refractivity contribution in [3.63, 3.8) is 0 Å². The number of unbranched alkanes of at least 4 members (excludes halogenated alkanes) is 1. The quantitative estimate of drug-likeness (QED) is 0.536. The van der Waals surface area contributed by atoms with E-state index < -0.39 is 6.61 Å². The van der Waals surface area contributed by atoms with E-state index in [1.807, 2.05) is 6.92 Å². The molecule has 0 aliphatic carbocycles. The molecule has 0 N–H and O–H groups in total. The lowest BCUT2D eigenvalue weighted by atomic mass is 10.1. The van der Waals surface area contributed by atoms with Gasteiger partial charge in [0.25, 0.3) is 0 Å². The Labute approximate surface area is 111 Å². The summed E-state index contributed by atoms with van der Waals surface area (Å²) in [6.45, 7) is -0.340. The minimum absolute atomic E-state index is 0.115. The lowest BCUT2D eigenvalue weighted by molar-refractivity contribution is -0.143. The lowest BCUT2D eigenvalue weighted by Crippen LogP contribution is -2.07. The number of rotatable bonds is 8. The van der Waals surface area contributed by atoms with Gasteiger partial charge in [-0.25, -0.2) is 0 Å². The third-order valence-corrected chi connectivity index (χ3v) is 2.53. The van der Waals surface area contributed by atoms with Crippen LogP contribution < -0.4 is 4.74 Å². The van der Waals surface area contributed by atoms with Crippen molar-refractivity contribution in [1.82, 2.24) is 0 Å². The van der Waals surface area contributed by atoms with Crippen LogP contribution in [0.4, 0.5) is 8.78 Å². The van der Waals surface area contributed by atoms with Crippen molar-refractivity contribution >= 4 is 5.97 Å². The van der Waals surface area contributed by atoms with Crippen LogP contribution in [0.3, 0.4) is 0 Å². The van der Waals surface area contributed by atoms with Crippen LogP contribution in [0.2, 0.25) is 0 Å². The van der Waals surface area contributed by atoms with Gasteiger partial charge < -0.3 is 9.47 Å². The molecule has 106 valence electrons. The summed E-state index contributed by atoms with van der Waals surface area (Å²) in [7, 11) is 0. The molecule has 0 saturated carbocycles. The average molecular weight is 272 g/mol. The van der Waals surface area contributed by atoms with Gasteiger partial charge in [-0.3, -0.25) is 4.79 Å². The first kappa shape index (κ1) is 15.4. The van der Waals surface area contributed by atoms with E-state index in [4.69, 9.17) is 4.74 Å². The first-order chi connectivity index (χ1) is 9.11. The first-order valence-electron chi connectivity index (χ1n) is 6.31. The first-order valence-corrected chi connectivity index (χ1v) is 6.31. The molecule has 0 saturated heterocycles. The molecule has 1 aromatic carbocycles. The topological polar surface area (TPSA) is 35.5 Å². The number of carbonyl (C=O) groups is 1. The molecule has 5 heteroatoms. The van der Waals surface area contributed by atoms with E-state index >= 15 is 0 Å². The van der Waals surface area contributed by atoms with Crippen LogP contribution in [-0.2, 0) is 16.0 Å². The molecule has 3 nitrogen and oxygen atoms in total. The third kappa shape index (κ3) is 6.74. The fourth-order valence-electron chi connectivity index (χ4n) is 1.49. The predicted octanol–water partition coefficient (Wildman–Crippen LogP) is 3.56. The van der Waals surface area contributed by atoms with Gasteiger partial charge in [-0.1, -0.05) is 25.5 Å². The Bertz CT molecular complexity index is 377. The second kappa shape index (κ2) is 8.45. The summed E-state index contributed by atoms with van der Waals surface area (Å²) < 4.78 is 33.1. The minimum atomic E-state index is -2.82. The molecule has 0 aliphatic heterocycles. The SMILES string of the molecule is CCCCOC(=O)CCc1ccc(OC(F)F)cc1. The third-order valence-electron chi connectivity index (χ3n) is 2.53. The van der Waals surface area contributed by atoms with Gasteiger partial charge in [-0.05, 0) is 30.5 Å². The molecule has 0 radical (unpaired) electrons. The molecule has 1 rings (SSSR count). The number of halogens is 2. The van der Waals surface area contributed by atoms with Gasteiger partial charge in [0, 0.05) is 6.42 Å². The molecular formula is C14H18F2O3. The molecule has 19 heavy (non-hydrogen) atoms. The molecule has 0 amide bonds. The number of alkyl halides is 2. The number of esters is 1. The van der Waals surface area contributed by atoms with Gasteiger partial charge in [0.1, 0.15) is 5.75 Å². The van der Waals surface area contributed by atoms with Gasteiger partial charge in [0.05, 0.1) is 6.61 Å². The number of hydrogen-bond donors (Lipinski definition) is 0. The van der Waals surface area contributed by atoms with Crippen LogP contribution >= 0.6 is 0 Å². The van der Waals surface area contributed by atoms with Crippen molar-refractivity contribution in [2.75, 3.05) is 6.61 Å². The molecular weight excluding hydrogens is 254 g/mol. The van der Waals surface area contributed by atoms with Gasteiger partial charge in [-0.2, -0.15) is 8.78 Å². The standard InChI is InChI=1S/C14H18F2O3/c1-2-3-10-18-13(17)9-6-11-4-7-12(8-5-11)19-14(15)16/h4-5,7-8,14H,2-3,6,9-10H2,1H3. The largest absolute Gasteiger partial charge is 0.466 e. The van der Waals surface area contributed by atoms with Crippen molar-refractivity contribution in [2.24, 2.45) is 0 Å². The Hall–Kier alpha value is -1.65. The normalized spacial score (nSPS) is 10.5. The van der Waals surface area contributed by atoms with Crippen LogP contribution in [0, 0.1) is 0 Å². The zero-order valence-corrected chi connectivity index (χ0v) is 10.9. The Morgan fingerprint density at radius 3 is 2.53 bits per heavy atom. The average Bonchev–Trinajstić information content (AvgIpc) is 2.37. The zero-order valence-electron chi connectivity index (χ0n) is 10.9. The van der Waals surface area contributed by atoms with Crippen LogP contribution in [0.25, 0.3) is 0 Å². The minimum Gasteiger partial charge on any atom is -0.466 e. The summed E-state index contributed by atoms with van der Waals surface area (Å²) in [5, 5.41) is 0. The highest BCUT2D eigenvalue weighted by Gasteiger charge is 2.06. The second-order valence-electron chi connectivity index (χ2n) is 4.10. The molecule has 0 atom stereocenters. The van der Waals surface area contributed by atoms with Crippen molar-refractivity contribution in [2.45, 2.75) is 39.2 Å². The number of hydrogen-bond acceptors (Lipinski definition) is 3. The molecule has 0 bridgehead atoms. The Kier molecular flexibility index (Phi) is 6.85. The molecule has 1 aromatic rings. The predicted molar refractivity (Wildman–Crippen MR) is 67.3 cm³/mol. The van der Waals surface area contributed by atoms with Crippen LogP contribution in [0.5, 0.6) is 5.75 Å². The summed E-state index contributed by atoms with van der Waals surface area (Å²) >= 11 is 0. The summed E-state index contributed by atoms with van der Waals surface area (Å²) in [6.07, 6.45) is 2.67. The highest BCUT2D eigenvalue weighted by atomic mass is 19.3.